The summed E-state index contributed by atoms with van der Waals surface area (Å²) in [5.41, 5.74) is 1.72. The topological polar surface area (TPSA) is 0 Å². The maximum Gasteiger partial charge on any atom is 0.106 e. The van der Waals surface area contributed by atoms with Gasteiger partial charge in [-0.2, -0.15) is 0 Å². The largest absolute Gasteiger partial charge is 0.316 e. The molecule has 1 aromatic heterocycles. The van der Waals surface area contributed by atoms with Crippen LogP contribution in [0.25, 0.3) is 10.1 Å². The van der Waals surface area contributed by atoms with E-state index in [9.17, 15) is 0 Å². The van der Waals surface area contributed by atoms with Crippen LogP contribution in [0.5, 0.6) is 0 Å². The van der Waals surface area contributed by atoms with Gasteiger partial charge in [0.2, 0.25) is 0 Å². The smallest absolute Gasteiger partial charge is 0.106 e. The van der Waals surface area contributed by atoms with Crippen LogP contribution < -0.4 is 0 Å². The fourth-order valence-corrected chi connectivity index (χ4v) is 4.77. The summed E-state index contributed by atoms with van der Waals surface area (Å²) >= 11 is 1.98. The minimum absolute atomic E-state index is 1.26. The Bertz CT molecular complexity index is 597. The SMILES string of the molecule is C1=C2C[N+](CCCc3cc4ccccc4s3)(CC1)C2. The van der Waals surface area contributed by atoms with Crippen molar-refractivity contribution in [3.8, 4) is 0 Å². The summed E-state index contributed by atoms with van der Waals surface area (Å²) in [5.74, 6) is 0. The third kappa shape index (κ3) is 2.13. The lowest BCUT2D eigenvalue weighted by molar-refractivity contribution is -0.950. The van der Waals surface area contributed by atoms with Gasteiger partial charge in [-0.05, 0) is 23.9 Å². The van der Waals surface area contributed by atoms with Crippen LogP contribution in [-0.2, 0) is 6.42 Å². The summed E-state index contributed by atoms with van der Waals surface area (Å²) in [6.07, 6.45) is 6.39. The Balaban J connectivity index is 1.38. The van der Waals surface area contributed by atoms with Gasteiger partial charge in [0.1, 0.15) is 13.1 Å². The third-order valence-electron chi connectivity index (χ3n) is 4.65. The fraction of sp³-hybridized carbons (Fsp3) is 0.412. The number of aryl methyl sites for hydroxylation is 1. The van der Waals surface area contributed by atoms with Crippen LogP contribution in [0.3, 0.4) is 0 Å². The lowest BCUT2D eigenvalue weighted by atomic mass is 9.94. The molecule has 0 aliphatic carbocycles. The van der Waals surface area contributed by atoms with Gasteiger partial charge in [0.15, 0.2) is 0 Å². The van der Waals surface area contributed by atoms with Gasteiger partial charge in [0, 0.05) is 28.0 Å². The van der Waals surface area contributed by atoms with Gasteiger partial charge in [-0.1, -0.05) is 24.3 Å². The molecule has 98 valence electrons. The van der Waals surface area contributed by atoms with E-state index in [4.69, 9.17) is 0 Å². The standard InChI is InChI=1S/C17H20NS/c1-2-8-17-15(6-1)11-16(19-17)7-4-10-18-9-3-5-14(12-18)13-18/h1-2,5-6,8,11H,3-4,7,9-10,12-13H2/q+1. The molecule has 2 bridgehead atoms. The average molecular weight is 270 g/mol. The van der Waals surface area contributed by atoms with Crippen LogP contribution in [0.15, 0.2) is 42.0 Å². The second-order valence-electron chi connectivity index (χ2n) is 6.11. The Morgan fingerprint density at radius 1 is 1.16 bits per heavy atom. The number of hydrogen-bond acceptors (Lipinski definition) is 1. The number of quaternary nitrogens is 1. The molecule has 19 heavy (non-hydrogen) atoms. The number of rotatable bonds is 4. The van der Waals surface area contributed by atoms with Crippen molar-refractivity contribution >= 4 is 21.4 Å². The summed E-state index contributed by atoms with van der Waals surface area (Å²) < 4.78 is 2.83. The molecule has 2 heteroatoms. The molecule has 0 saturated carbocycles. The molecular formula is C17H20NS+. The lowest BCUT2D eigenvalue weighted by Crippen LogP contribution is -2.62. The van der Waals surface area contributed by atoms with Crippen molar-refractivity contribution < 1.29 is 4.48 Å². The van der Waals surface area contributed by atoms with E-state index < -0.39 is 0 Å². The molecule has 0 amide bonds. The molecule has 1 aromatic carbocycles. The van der Waals surface area contributed by atoms with Crippen LogP contribution in [0.2, 0.25) is 0 Å². The summed E-state index contributed by atoms with van der Waals surface area (Å²) in [4.78, 5) is 1.56. The van der Waals surface area contributed by atoms with Crippen LogP contribution in [-0.4, -0.2) is 30.7 Å². The first-order valence-corrected chi connectivity index (χ1v) is 8.15. The van der Waals surface area contributed by atoms with Crippen molar-refractivity contribution in [1.82, 2.24) is 0 Å². The number of hydrogen-bond donors (Lipinski definition) is 0. The van der Waals surface area contributed by atoms with Gasteiger partial charge in [-0.15, -0.1) is 11.3 Å². The molecule has 0 spiro atoms. The highest BCUT2D eigenvalue weighted by Crippen LogP contribution is 2.32. The molecular weight excluding hydrogens is 250 g/mol. The quantitative estimate of drug-likeness (QED) is 0.582. The number of nitrogens with zero attached hydrogens (tertiary/aromatic N) is 1. The Hall–Kier alpha value is -1.12. The number of benzene rings is 1. The highest BCUT2D eigenvalue weighted by atomic mass is 32.1. The highest BCUT2D eigenvalue weighted by Gasteiger charge is 2.41. The number of fused-ring (bicyclic) bond motifs is 3. The van der Waals surface area contributed by atoms with Crippen molar-refractivity contribution in [2.45, 2.75) is 19.3 Å². The maximum absolute atomic E-state index is 2.46. The Kier molecular flexibility index (Phi) is 2.75. The van der Waals surface area contributed by atoms with E-state index in [0.29, 0.717) is 0 Å². The Morgan fingerprint density at radius 3 is 2.84 bits per heavy atom. The van der Waals surface area contributed by atoms with Crippen LogP contribution in [0, 0.1) is 0 Å². The number of thiophene rings is 1. The van der Waals surface area contributed by atoms with Crippen molar-refractivity contribution in [2.75, 3.05) is 26.2 Å². The molecule has 0 radical (unpaired) electrons. The van der Waals surface area contributed by atoms with E-state index in [-0.39, 0.29) is 0 Å². The van der Waals surface area contributed by atoms with Gasteiger partial charge in [0.05, 0.1) is 13.1 Å². The fourth-order valence-electron chi connectivity index (χ4n) is 3.66. The molecule has 0 N–H and O–H groups in total. The summed E-state index contributed by atoms with van der Waals surface area (Å²) in [6, 6.07) is 11.1. The van der Waals surface area contributed by atoms with Crippen molar-refractivity contribution in [2.24, 2.45) is 0 Å². The van der Waals surface area contributed by atoms with Crippen molar-refractivity contribution in [3.05, 3.63) is 46.9 Å². The van der Waals surface area contributed by atoms with Gasteiger partial charge in [-0.25, -0.2) is 0 Å². The zero-order valence-electron chi connectivity index (χ0n) is 11.3. The lowest BCUT2D eigenvalue weighted by Gasteiger charge is -2.50. The second-order valence-corrected chi connectivity index (χ2v) is 7.28. The normalized spacial score (nSPS) is 20.1. The molecule has 2 aromatic rings. The van der Waals surface area contributed by atoms with Crippen molar-refractivity contribution in [3.63, 3.8) is 0 Å². The molecule has 5 rings (SSSR count). The minimum atomic E-state index is 1.26. The first-order valence-electron chi connectivity index (χ1n) is 7.34. The first kappa shape index (κ1) is 11.7. The Morgan fingerprint density at radius 2 is 2.05 bits per heavy atom. The third-order valence-corrected chi connectivity index (χ3v) is 5.82. The van der Waals surface area contributed by atoms with Gasteiger partial charge < -0.3 is 4.48 Å². The summed E-state index contributed by atoms with van der Waals surface area (Å²) in [5, 5.41) is 1.42. The van der Waals surface area contributed by atoms with Crippen LogP contribution in [0.4, 0.5) is 0 Å². The summed E-state index contributed by atoms with van der Waals surface area (Å²) in [6.45, 7) is 5.47. The van der Waals surface area contributed by atoms with E-state index in [1.807, 2.05) is 11.3 Å². The zero-order valence-corrected chi connectivity index (χ0v) is 12.1. The maximum atomic E-state index is 2.46. The van der Waals surface area contributed by atoms with E-state index >= 15 is 0 Å². The van der Waals surface area contributed by atoms with E-state index in [1.54, 1.807) is 10.5 Å². The Labute approximate surface area is 118 Å². The molecule has 0 unspecified atom stereocenters. The average Bonchev–Trinajstić information content (AvgIpc) is 2.81. The molecule has 1 nitrogen and oxygen atoms in total. The molecule has 1 fully saturated rings. The predicted molar refractivity (Wildman–Crippen MR) is 82.6 cm³/mol. The monoisotopic (exact) mass is 270 g/mol. The first-order chi connectivity index (χ1) is 9.33. The zero-order chi connectivity index (χ0) is 12.7. The molecule has 4 heterocycles. The molecule has 3 aliphatic heterocycles. The summed E-state index contributed by atoms with van der Waals surface area (Å²) in [7, 11) is 0. The van der Waals surface area contributed by atoms with Crippen LogP contribution in [0.1, 0.15) is 17.7 Å². The molecule has 3 aliphatic rings. The van der Waals surface area contributed by atoms with Gasteiger partial charge >= 0.3 is 0 Å². The predicted octanol–water partition coefficient (Wildman–Crippen LogP) is 3.99. The van der Waals surface area contributed by atoms with Crippen molar-refractivity contribution in [1.29, 1.82) is 0 Å². The second kappa shape index (κ2) is 4.46. The molecule has 0 atom stereocenters. The van der Waals surface area contributed by atoms with Gasteiger partial charge in [-0.3, -0.25) is 0 Å². The van der Waals surface area contributed by atoms with Gasteiger partial charge in [0.25, 0.3) is 0 Å². The van der Waals surface area contributed by atoms with Crippen LogP contribution >= 0.6 is 11.3 Å². The van der Waals surface area contributed by atoms with E-state index in [1.165, 1.54) is 60.0 Å². The molecule has 1 saturated heterocycles. The highest BCUT2D eigenvalue weighted by molar-refractivity contribution is 7.19. The van der Waals surface area contributed by atoms with E-state index in [0.717, 1.165) is 0 Å². The minimum Gasteiger partial charge on any atom is -0.316 e. The van der Waals surface area contributed by atoms with E-state index in [2.05, 4.69) is 36.4 Å².